The van der Waals surface area contributed by atoms with Crippen LogP contribution < -0.4 is 4.90 Å². The topological polar surface area (TPSA) is 12.5 Å². The second kappa shape index (κ2) is 5.83. The fourth-order valence-electron chi connectivity index (χ4n) is 2.34. The number of alkyl halides is 1. The molecule has 0 amide bonds. The number of ether oxygens (including phenoxy) is 1. The molecule has 1 saturated heterocycles. The van der Waals surface area contributed by atoms with Gasteiger partial charge in [0.05, 0.1) is 11.8 Å². The van der Waals surface area contributed by atoms with Crippen molar-refractivity contribution in [3.8, 4) is 0 Å². The molecule has 0 aromatic heterocycles. The number of halogens is 2. The smallest absolute Gasteiger partial charge is 0.146 e. The molecule has 0 radical (unpaired) electrons. The summed E-state index contributed by atoms with van der Waals surface area (Å²) in [6.45, 7) is 1.72. The summed E-state index contributed by atoms with van der Waals surface area (Å²) in [4.78, 5) is 2.13. The summed E-state index contributed by atoms with van der Waals surface area (Å²) in [5, 5.41) is 0.685. The normalized spacial score (nSPS) is 17.5. The Morgan fingerprint density at radius 2 is 2.12 bits per heavy atom. The first-order valence-electron chi connectivity index (χ1n) is 5.87. The number of rotatable bonds is 3. The third-order valence-electron chi connectivity index (χ3n) is 3.31. The number of piperidine rings is 1. The molecule has 17 heavy (non-hydrogen) atoms. The summed E-state index contributed by atoms with van der Waals surface area (Å²) in [5.74, 6) is -0.127. The summed E-state index contributed by atoms with van der Waals surface area (Å²) < 4.78 is 19.2. The van der Waals surface area contributed by atoms with Gasteiger partial charge in [-0.25, -0.2) is 4.39 Å². The second-order valence-electron chi connectivity index (χ2n) is 4.30. The maximum absolute atomic E-state index is 13.9. The van der Waals surface area contributed by atoms with E-state index in [0.29, 0.717) is 11.4 Å². The van der Waals surface area contributed by atoms with Crippen LogP contribution in [0.3, 0.4) is 0 Å². The van der Waals surface area contributed by atoms with Gasteiger partial charge in [0.25, 0.3) is 0 Å². The first-order valence-corrected chi connectivity index (χ1v) is 6.99. The van der Waals surface area contributed by atoms with Crippen molar-refractivity contribution in [2.24, 2.45) is 0 Å². The third kappa shape index (κ3) is 2.80. The maximum Gasteiger partial charge on any atom is 0.146 e. The fourth-order valence-corrected chi connectivity index (χ4v) is 2.79. The molecule has 1 aromatic rings. The van der Waals surface area contributed by atoms with E-state index in [9.17, 15) is 4.39 Å². The van der Waals surface area contributed by atoms with Gasteiger partial charge in [0, 0.05) is 25.5 Å². The minimum Gasteiger partial charge on any atom is -0.381 e. The highest BCUT2D eigenvalue weighted by Gasteiger charge is 2.22. The zero-order chi connectivity index (χ0) is 12.3. The van der Waals surface area contributed by atoms with Crippen LogP contribution in [0.15, 0.2) is 18.2 Å². The molecule has 0 atom stereocenters. The molecule has 0 bridgehead atoms. The van der Waals surface area contributed by atoms with Crippen LogP contribution in [0.5, 0.6) is 0 Å². The highest BCUT2D eigenvalue weighted by atomic mass is 79.9. The lowest BCUT2D eigenvalue weighted by atomic mass is 10.1. The number of hydrogen-bond donors (Lipinski definition) is 0. The number of methoxy groups -OCH3 is 1. The maximum atomic E-state index is 13.9. The second-order valence-corrected chi connectivity index (χ2v) is 4.86. The Kier molecular flexibility index (Phi) is 4.40. The molecular formula is C13H17BrFNO. The Morgan fingerprint density at radius 3 is 2.71 bits per heavy atom. The van der Waals surface area contributed by atoms with E-state index in [0.717, 1.165) is 37.2 Å². The Hall–Kier alpha value is -0.610. The van der Waals surface area contributed by atoms with Crippen molar-refractivity contribution in [3.05, 3.63) is 29.6 Å². The number of hydrogen-bond acceptors (Lipinski definition) is 2. The first-order chi connectivity index (χ1) is 8.26. The quantitative estimate of drug-likeness (QED) is 0.794. The van der Waals surface area contributed by atoms with Gasteiger partial charge in [-0.1, -0.05) is 28.1 Å². The van der Waals surface area contributed by atoms with Gasteiger partial charge in [0.2, 0.25) is 0 Å². The molecule has 1 aliphatic heterocycles. The van der Waals surface area contributed by atoms with Gasteiger partial charge < -0.3 is 9.64 Å². The monoisotopic (exact) mass is 301 g/mol. The van der Waals surface area contributed by atoms with Gasteiger partial charge in [0.1, 0.15) is 5.82 Å². The van der Waals surface area contributed by atoms with E-state index in [1.165, 1.54) is 6.07 Å². The molecule has 1 aliphatic rings. The minimum atomic E-state index is -0.127. The van der Waals surface area contributed by atoms with Crippen molar-refractivity contribution in [2.75, 3.05) is 25.1 Å². The van der Waals surface area contributed by atoms with E-state index in [2.05, 4.69) is 20.8 Å². The average Bonchev–Trinajstić information content (AvgIpc) is 2.38. The fraction of sp³-hybridized carbons (Fsp3) is 0.538. The Labute approximate surface area is 110 Å². The van der Waals surface area contributed by atoms with Gasteiger partial charge in [0.15, 0.2) is 0 Å². The zero-order valence-corrected chi connectivity index (χ0v) is 11.5. The lowest BCUT2D eigenvalue weighted by Crippen LogP contribution is -2.37. The van der Waals surface area contributed by atoms with E-state index in [1.54, 1.807) is 13.2 Å². The average molecular weight is 302 g/mol. The van der Waals surface area contributed by atoms with E-state index in [4.69, 9.17) is 4.74 Å². The molecule has 2 nitrogen and oxygen atoms in total. The molecule has 0 spiro atoms. The molecule has 0 N–H and O–H groups in total. The van der Waals surface area contributed by atoms with Crippen LogP contribution in [-0.4, -0.2) is 26.3 Å². The van der Waals surface area contributed by atoms with E-state index in [1.807, 2.05) is 6.07 Å². The highest BCUT2D eigenvalue weighted by Crippen LogP contribution is 2.29. The van der Waals surface area contributed by atoms with E-state index >= 15 is 0 Å². The van der Waals surface area contributed by atoms with Crippen LogP contribution in [0.25, 0.3) is 0 Å². The number of nitrogens with zero attached hydrogens (tertiary/aromatic N) is 1. The molecule has 1 fully saturated rings. The van der Waals surface area contributed by atoms with Gasteiger partial charge in [-0.3, -0.25) is 0 Å². The van der Waals surface area contributed by atoms with Crippen molar-refractivity contribution >= 4 is 21.6 Å². The predicted octanol–water partition coefficient (Wildman–Crippen LogP) is 3.34. The Morgan fingerprint density at radius 1 is 1.41 bits per heavy atom. The first kappa shape index (κ1) is 12.8. The van der Waals surface area contributed by atoms with Crippen LogP contribution in [-0.2, 0) is 10.1 Å². The minimum absolute atomic E-state index is 0.127. The lowest BCUT2D eigenvalue weighted by Gasteiger charge is -2.34. The van der Waals surface area contributed by atoms with E-state index in [-0.39, 0.29) is 5.82 Å². The molecule has 0 saturated carbocycles. The molecule has 0 unspecified atom stereocenters. The zero-order valence-electron chi connectivity index (χ0n) is 9.96. The van der Waals surface area contributed by atoms with Crippen molar-refractivity contribution in [1.29, 1.82) is 0 Å². The van der Waals surface area contributed by atoms with Crippen molar-refractivity contribution in [1.82, 2.24) is 0 Å². The molecule has 2 rings (SSSR count). The standard InChI is InChI=1S/C13H17BrFNO/c1-17-11-5-7-16(8-6-11)13-10(9-14)3-2-4-12(13)15/h2-4,11H,5-9H2,1H3. The van der Waals surface area contributed by atoms with E-state index < -0.39 is 0 Å². The molecular weight excluding hydrogens is 285 g/mol. The van der Waals surface area contributed by atoms with Crippen LogP contribution in [0.4, 0.5) is 10.1 Å². The van der Waals surface area contributed by atoms with Gasteiger partial charge in [-0.2, -0.15) is 0 Å². The van der Waals surface area contributed by atoms with Gasteiger partial charge in [-0.05, 0) is 24.5 Å². The predicted molar refractivity (Wildman–Crippen MR) is 71.3 cm³/mol. The van der Waals surface area contributed by atoms with Gasteiger partial charge in [-0.15, -0.1) is 0 Å². The molecule has 1 aromatic carbocycles. The summed E-state index contributed by atoms with van der Waals surface area (Å²) in [6, 6.07) is 5.26. The summed E-state index contributed by atoms with van der Waals surface area (Å²) in [5.41, 5.74) is 1.76. The van der Waals surface area contributed by atoms with Crippen LogP contribution in [0, 0.1) is 5.82 Å². The number of benzene rings is 1. The molecule has 4 heteroatoms. The van der Waals surface area contributed by atoms with Crippen LogP contribution in [0.1, 0.15) is 18.4 Å². The highest BCUT2D eigenvalue weighted by molar-refractivity contribution is 9.08. The van der Waals surface area contributed by atoms with Gasteiger partial charge >= 0.3 is 0 Å². The summed E-state index contributed by atoms with van der Waals surface area (Å²) in [6.07, 6.45) is 2.25. The Bertz CT molecular complexity index is 378. The molecule has 0 aliphatic carbocycles. The van der Waals surface area contributed by atoms with Crippen LogP contribution >= 0.6 is 15.9 Å². The largest absolute Gasteiger partial charge is 0.381 e. The summed E-state index contributed by atoms with van der Waals surface area (Å²) >= 11 is 3.42. The SMILES string of the molecule is COC1CCN(c2c(F)cccc2CBr)CC1. The van der Waals surface area contributed by atoms with Crippen LogP contribution in [0.2, 0.25) is 0 Å². The molecule has 94 valence electrons. The van der Waals surface area contributed by atoms with Crippen molar-refractivity contribution in [2.45, 2.75) is 24.3 Å². The number of para-hydroxylation sites is 1. The Balaban J connectivity index is 2.17. The number of anilines is 1. The van der Waals surface area contributed by atoms with Crippen molar-refractivity contribution in [3.63, 3.8) is 0 Å². The van der Waals surface area contributed by atoms with Crippen molar-refractivity contribution < 1.29 is 9.13 Å². The molecule has 1 heterocycles. The lowest BCUT2D eigenvalue weighted by molar-refractivity contribution is 0.0818. The third-order valence-corrected chi connectivity index (χ3v) is 3.91. The summed E-state index contributed by atoms with van der Waals surface area (Å²) in [7, 11) is 1.74.